The topological polar surface area (TPSA) is 15.3 Å². The standard InChI is InChI=1S/C10H19ClN2/c1-13(7-3-5-11)9-10-4-2-6-12-8-10/h3,5,10,12H,2,4,6-9H2,1H3/b5-3+. The highest BCUT2D eigenvalue weighted by molar-refractivity contribution is 6.25. The van der Waals surface area contributed by atoms with Crippen LogP contribution in [0.1, 0.15) is 12.8 Å². The van der Waals surface area contributed by atoms with Crippen molar-refractivity contribution in [3.05, 3.63) is 11.6 Å². The molecule has 0 aromatic carbocycles. The summed E-state index contributed by atoms with van der Waals surface area (Å²) in [7, 11) is 2.14. The largest absolute Gasteiger partial charge is 0.316 e. The van der Waals surface area contributed by atoms with Crippen molar-refractivity contribution in [3.63, 3.8) is 0 Å². The molecule has 1 atom stereocenters. The van der Waals surface area contributed by atoms with E-state index in [0.717, 1.165) is 12.5 Å². The van der Waals surface area contributed by atoms with E-state index in [1.807, 2.05) is 6.08 Å². The normalized spacial score (nSPS) is 24.4. The molecule has 3 heteroatoms. The van der Waals surface area contributed by atoms with Gasteiger partial charge in [0.05, 0.1) is 0 Å². The Bertz CT molecular complexity index is 153. The predicted octanol–water partition coefficient (Wildman–Crippen LogP) is 1.67. The fraction of sp³-hybridized carbons (Fsp3) is 0.800. The molecule has 1 unspecified atom stereocenters. The highest BCUT2D eigenvalue weighted by Crippen LogP contribution is 2.10. The third-order valence-electron chi connectivity index (χ3n) is 2.47. The fourth-order valence-electron chi connectivity index (χ4n) is 1.81. The average molecular weight is 203 g/mol. The van der Waals surface area contributed by atoms with Crippen molar-refractivity contribution in [1.29, 1.82) is 0 Å². The monoisotopic (exact) mass is 202 g/mol. The minimum absolute atomic E-state index is 0.822. The van der Waals surface area contributed by atoms with Crippen LogP contribution in [-0.2, 0) is 0 Å². The molecule has 76 valence electrons. The first-order valence-corrected chi connectivity index (χ1v) is 5.41. The molecule has 1 N–H and O–H groups in total. The van der Waals surface area contributed by atoms with Gasteiger partial charge in [0.15, 0.2) is 0 Å². The van der Waals surface area contributed by atoms with Gasteiger partial charge in [-0.05, 0) is 38.9 Å². The molecule has 1 aliphatic heterocycles. The summed E-state index contributed by atoms with van der Waals surface area (Å²) in [5, 5.41) is 3.43. The minimum atomic E-state index is 0.822. The van der Waals surface area contributed by atoms with Crippen LogP contribution in [0.3, 0.4) is 0 Å². The zero-order valence-corrected chi connectivity index (χ0v) is 9.06. The number of rotatable bonds is 4. The van der Waals surface area contributed by atoms with Crippen LogP contribution < -0.4 is 5.32 Å². The lowest BCUT2D eigenvalue weighted by molar-refractivity contribution is 0.260. The molecule has 0 bridgehead atoms. The number of likely N-dealkylation sites (N-methyl/N-ethyl adjacent to an activating group) is 1. The Morgan fingerprint density at radius 1 is 1.62 bits per heavy atom. The summed E-state index contributed by atoms with van der Waals surface area (Å²) in [5.74, 6) is 0.822. The zero-order valence-electron chi connectivity index (χ0n) is 8.30. The van der Waals surface area contributed by atoms with E-state index >= 15 is 0 Å². The van der Waals surface area contributed by atoms with Crippen LogP contribution >= 0.6 is 11.6 Å². The van der Waals surface area contributed by atoms with Crippen LogP contribution in [0.4, 0.5) is 0 Å². The van der Waals surface area contributed by atoms with Crippen molar-refractivity contribution in [2.45, 2.75) is 12.8 Å². The number of halogens is 1. The second-order valence-electron chi connectivity index (χ2n) is 3.80. The smallest absolute Gasteiger partial charge is 0.0171 e. The van der Waals surface area contributed by atoms with Gasteiger partial charge in [0.25, 0.3) is 0 Å². The molecular formula is C10H19ClN2. The molecule has 0 aliphatic carbocycles. The molecule has 0 radical (unpaired) electrons. The second kappa shape index (κ2) is 6.41. The van der Waals surface area contributed by atoms with Crippen molar-refractivity contribution in [3.8, 4) is 0 Å². The molecule has 0 spiro atoms. The first-order chi connectivity index (χ1) is 6.33. The summed E-state index contributed by atoms with van der Waals surface area (Å²) in [4.78, 5) is 2.32. The van der Waals surface area contributed by atoms with E-state index in [0.29, 0.717) is 0 Å². The summed E-state index contributed by atoms with van der Waals surface area (Å²) >= 11 is 5.47. The zero-order chi connectivity index (χ0) is 9.52. The molecule has 1 saturated heterocycles. The van der Waals surface area contributed by atoms with Crippen LogP contribution in [0, 0.1) is 5.92 Å². The quantitative estimate of drug-likeness (QED) is 0.746. The molecule has 1 heterocycles. The molecule has 0 saturated carbocycles. The lowest BCUT2D eigenvalue weighted by Gasteiger charge is -2.26. The van der Waals surface area contributed by atoms with Crippen LogP contribution in [0.2, 0.25) is 0 Å². The van der Waals surface area contributed by atoms with E-state index in [2.05, 4.69) is 17.3 Å². The molecule has 13 heavy (non-hydrogen) atoms. The van der Waals surface area contributed by atoms with E-state index < -0.39 is 0 Å². The van der Waals surface area contributed by atoms with Crippen LogP contribution in [-0.4, -0.2) is 38.1 Å². The molecule has 1 rings (SSSR count). The number of nitrogens with one attached hydrogen (secondary N) is 1. The van der Waals surface area contributed by atoms with Crippen molar-refractivity contribution >= 4 is 11.6 Å². The van der Waals surface area contributed by atoms with Gasteiger partial charge in [-0.15, -0.1) is 0 Å². The molecule has 1 aliphatic rings. The van der Waals surface area contributed by atoms with Gasteiger partial charge in [0.1, 0.15) is 0 Å². The summed E-state index contributed by atoms with van der Waals surface area (Å²) in [6.07, 6.45) is 4.67. The number of hydrogen-bond donors (Lipinski definition) is 1. The van der Waals surface area contributed by atoms with E-state index in [4.69, 9.17) is 11.6 Å². The van der Waals surface area contributed by atoms with Gasteiger partial charge in [-0.3, -0.25) is 0 Å². The number of hydrogen-bond acceptors (Lipinski definition) is 2. The Morgan fingerprint density at radius 3 is 3.08 bits per heavy atom. The molecule has 0 amide bonds. The number of piperidine rings is 1. The third kappa shape index (κ3) is 4.65. The third-order valence-corrected chi connectivity index (χ3v) is 2.65. The maximum Gasteiger partial charge on any atom is 0.0171 e. The van der Waals surface area contributed by atoms with Crippen molar-refractivity contribution in [2.24, 2.45) is 5.92 Å². The van der Waals surface area contributed by atoms with Gasteiger partial charge in [-0.2, -0.15) is 0 Å². The van der Waals surface area contributed by atoms with Crippen LogP contribution in [0.25, 0.3) is 0 Å². The van der Waals surface area contributed by atoms with Crippen molar-refractivity contribution in [1.82, 2.24) is 10.2 Å². The first-order valence-electron chi connectivity index (χ1n) is 4.97. The maximum absolute atomic E-state index is 5.47. The summed E-state index contributed by atoms with van der Waals surface area (Å²) in [5.41, 5.74) is 1.59. The van der Waals surface area contributed by atoms with Gasteiger partial charge in [-0.1, -0.05) is 17.7 Å². The molecular weight excluding hydrogens is 184 g/mol. The Hall–Kier alpha value is -0.0500. The van der Waals surface area contributed by atoms with Crippen LogP contribution in [0.15, 0.2) is 11.6 Å². The van der Waals surface area contributed by atoms with Gasteiger partial charge in [-0.25, -0.2) is 0 Å². The SMILES string of the molecule is CN(C/C=C/Cl)CC1CCCNC1. The molecule has 1 fully saturated rings. The van der Waals surface area contributed by atoms with E-state index in [1.54, 1.807) is 5.54 Å². The van der Waals surface area contributed by atoms with Crippen LogP contribution in [0.5, 0.6) is 0 Å². The van der Waals surface area contributed by atoms with Crippen molar-refractivity contribution < 1.29 is 0 Å². The highest BCUT2D eigenvalue weighted by Gasteiger charge is 2.13. The highest BCUT2D eigenvalue weighted by atomic mass is 35.5. The molecule has 2 nitrogen and oxygen atoms in total. The van der Waals surface area contributed by atoms with E-state index in [1.165, 1.54) is 32.5 Å². The van der Waals surface area contributed by atoms with Gasteiger partial charge in [0, 0.05) is 18.6 Å². The fourth-order valence-corrected chi connectivity index (χ4v) is 1.89. The number of nitrogens with zero attached hydrogens (tertiary/aromatic N) is 1. The van der Waals surface area contributed by atoms with Crippen molar-refractivity contribution in [2.75, 3.05) is 33.2 Å². The first kappa shape index (κ1) is 11.0. The van der Waals surface area contributed by atoms with Gasteiger partial charge < -0.3 is 10.2 Å². The Labute approximate surface area is 85.9 Å². The summed E-state index contributed by atoms with van der Waals surface area (Å²) in [6.45, 7) is 4.50. The summed E-state index contributed by atoms with van der Waals surface area (Å²) in [6, 6.07) is 0. The second-order valence-corrected chi connectivity index (χ2v) is 4.05. The predicted molar refractivity (Wildman–Crippen MR) is 58.1 cm³/mol. The summed E-state index contributed by atoms with van der Waals surface area (Å²) < 4.78 is 0. The Morgan fingerprint density at radius 2 is 2.46 bits per heavy atom. The average Bonchev–Trinajstić information content (AvgIpc) is 2.16. The Kier molecular flexibility index (Phi) is 5.44. The Balaban J connectivity index is 2.14. The van der Waals surface area contributed by atoms with Gasteiger partial charge >= 0.3 is 0 Å². The van der Waals surface area contributed by atoms with E-state index in [-0.39, 0.29) is 0 Å². The molecule has 0 aromatic rings. The lowest BCUT2D eigenvalue weighted by atomic mass is 9.99. The minimum Gasteiger partial charge on any atom is -0.316 e. The van der Waals surface area contributed by atoms with E-state index in [9.17, 15) is 0 Å². The maximum atomic E-state index is 5.47. The van der Waals surface area contributed by atoms with Gasteiger partial charge in [0.2, 0.25) is 0 Å². The molecule has 0 aromatic heterocycles. The lowest BCUT2D eigenvalue weighted by Crippen LogP contribution is -2.36.